The molecule has 1 saturated heterocycles. The first kappa shape index (κ1) is 36.8. The fourth-order valence-electron chi connectivity index (χ4n) is 4.96. The van der Waals surface area contributed by atoms with Crippen molar-refractivity contribution >= 4 is 11.9 Å². The second-order valence-electron chi connectivity index (χ2n) is 10.3. The summed E-state index contributed by atoms with van der Waals surface area (Å²) < 4.78 is 50.7. The maximum atomic E-state index is 13.9. The molecule has 0 aromatic heterocycles. The molecular weight excluding hydrogens is 590 g/mol. The third kappa shape index (κ3) is 13.0. The summed E-state index contributed by atoms with van der Waals surface area (Å²) in [6, 6.07) is 7.13. The molecule has 3 atom stereocenters. The first-order valence-corrected chi connectivity index (χ1v) is 15.6. The molecule has 1 amide bonds. The molecule has 45 heavy (non-hydrogen) atoms. The minimum Gasteiger partial charge on any atom is -0.465 e. The van der Waals surface area contributed by atoms with Gasteiger partial charge >= 0.3 is 5.97 Å². The lowest BCUT2D eigenvalue weighted by Crippen LogP contribution is -2.43. The second kappa shape index (κ2) is 22.0. The molecule has 0 saturated carbocycles. The summed E-state index contributed by atoms with van der Waals surface area (Å²) >= 11 is 0. The average Bonchev–Trinajstić information content (AvgIpc) is 3.07. The lowest BCUT2D eigenvalue weighted by atomic mass is 9.81. The van der Waals surface area contributed by atoms with E-state index < -0.39 is 12.3 Å². The number of hydrogen-bond donors (Lipinski definition) is 1. The zero-order valence-corrected chi connectivity index (χ0v) is 26.5. The number of ether oxygens (including phenoxy) is 9. The molecule has 2 aliphatic heterocycles. The summed E-state index contributed by atoms with van der Waals surface area (Å²) in [5.41, 5.74) is 1.32. The van der Waals surface area contributed by atoms with Crippen LogP contribution in [-0.4, -0.2) is 141 Å². The number of carbonyl (C=O) groups is 2. The Morgan fingerprint density at radius 3 is 1.98 bits per heavy atom. The zero-order valence-electron chi connectivity index (χ0n) is 26.5. The molecule has 2 aliphatic rings. The smallest absolute Gasteiger partial charge is 0.337 e. The van der Waals surface area contributed by atoms with Crippen molar-refractivity contribution in [1.29, 1.82) is 0 Å². The summed E-state index contributed by atoms with van der Waals surface area (Å²) in [4.78, 5) is 27.7. The highest BCUT2D eigenvalue weighted by atomic mass is 16.7. The number of esters is 1. The van der Waals surface area contributed by atoms with Gasteiger partial charge in [0.05, 0.1) is 92.0 Å². The van der Waals surface area contributed by atoms with E-state index in [2.05, 4.69) is 0 Å². The highest BCUT2D eigenvalue weighted by Crippen LogP contribution is 2.39. The maximum absolute atomic E-state index is 13.9. The minimum atomic E-state index is -0.719. The SMILES string of the molecule is CCO[C@@H]1OC(C(=O)N2CCOCCOCCOCCOCC2)=C[C@H](c2ccc(C(=O)OC)cc2)[C@H]1CCOCCOCCO. The van der Waals surface area contributed by atoms with Crippen molar-refractivity contribution in [2.45, 2.75) is 25.6 Å². The van der Waals surface area contributed by atoms with Gasteiger partial charge in [0.15, 0.2) is 5.76 Å². The predicted octanol–water partition coefficient (Wildman–Crippen LogP) is 1.77. The number of aliphatic hydroxyl groups is 1. The molecule has 3 rings (SSSR count). The van der Waals surface area contributed by atoms with Crippen LogP contribution < -0.4 is 0 Å². The number of allylic oxidation sites excluding steroid dienone is 1. The predicted molar refractivity (Wildman–Crippen MR) is 162 cm³/mol. The van der Waals surface area contributed by atoms with Crippen LogP contribution in [0.25, 0.3) is 0 Å². The van der Waals surface area contributed by atoms with E-state index in [0.29, 0.717) is 104 Å². The number of nitrogens with zero attached hydrogens (tertiary/aromatic N) is 1. The molecule has 1 fully saturated rings. The Bertz CT molecular complexity index is 988. The Balaban J connectivity index is 1.81. The molecule has 13 nitrogen and oxygen atoms in total. The van der Waals surface area contributed by atoms with Crippen LogP contribution in [0.1, 0.15) is 35.2 Å². The van der Waals surface area contributed by atoms with E-state index in [0.717, 1.165) is 5.56 Å². The van der Waals surface area contributed by atoms with Gasteiger partial charge in [-0.2, -0.15) is 0 Å². The van der Waals surface area contributed by atoms with Crippen molar-refractivity contribution in [3.05, 3.63) is 47.2 Å². The molecule has 1 N–H and O–H groups in total. The first-order valence-electron chi connectivity index (χ1n) is 15.6. The minimum absolute atomic E-state index is 0.0410. The van der Waals surface area contributed by atoms with Crippen molar-refractivity contribution < 1.29 is 57.3 Å². The van der Waals surface area contributed by atoms with Crippen LogP contribution in [0, 0.1) is 5.92 Å². The standard InChI is InChI=1S/C32H49NO12/c1-3-44-32-27(8-12-38-16-19-41-15-11-34)28(25-4-6-26(7-5-25)31(36)37-2)24-29(45-32)30(35)33-9-13-39-17-20-42-22-23-43-21-18-40-14-10-33/h4-7,24,27-28,32,34H,3,8-23H2,1-2H3/t27-,28-,32-/m1/s1. The van der Waals surface area contributed by atoms with Crippen LogP contribution >= 0.6 is 0 Å². The number of carbonyl (C=O) groups excluding carboxylic acids is 2. The molecule has 1 aromatic carbocycles. The molecule has 1 aromatic rings. The van der Waals surface area contributed by atoms with Crippen LogP contribution in [0.3, 0.4) is 0 Å². The summed E-state index contributed by atoms with van der Waals surface area (Å²) in [5, 5.41) is 8.89. The first-order chi connectivity index (χ1) is 22.1. The molecule has 0 bridgehead atoms. The van der Waals surface area contributed by atoms with Gasteiger partial charge in [-0.15, -0.1) is 0 Å². The molecule has 0 spiro atoms. The number of aliphatic hydroxyl groups excluding tert-OH is 1. The molecule has 2 heterocycles. The van der Waals surface area contributed by atoms with Gasteiger partial charge in [-0.3, -0.25) is 4.79 Å². The lowest BCUT2D eigenvalue weighted by molar-refractivity contribution is -0.172. The molecule has 254 valence electrons. The van der Waals surface area contributed by atoms with E-state index in [1.165, 1.54) is 7.11 Å². The fraction of sp³-hybridized carbons (Fsp3) is 0.688. The average molecular weight is 640 g/mol. The quantitative estimate of drug-likeness (QED) is 0.249. The summed E-state index contributed by atoms with van der Waals surface area (Å²) in [6.07, 6.45) is 1.68. The number of rotatable bonds is 13. The summed E-state index contributed by atoms with van der Waals surface area (Å²) in [5.74, 6) is -1.02. The van der Waals surface area contributed by atoms with Crippen LogP contribution in [0.2, 0.25) is 0 Å². The van der Waals surface area contributed by atoms with Crippen LogP contribution in [0.5, 0.6) is 0 Å². The van der Waals surface area contributed by atoms with Crippen LogP contribution in [-0.2, 0) is 47.4 Å². The maximum Gasteiger partial charge on any atom is 0.337 e. The van der Waals surface area contributed by atoms with Gasteiger partial charge in [0.25, 0.3) is 5.91 Å². The normalized spacial score (nSPS) is 22.4. The largest absolute Gasteiger partial charge is 0.465 e. The van der Waals surface area contributed by atoms with E-state index >= 15 is 0 Å². The lowest BCUT2D eigenvalue weighted by Gasteiger charge is -2.38. The third-order valence-corrected chi connectivity index (χ3v) is 7.26. The Hall–Kier alpha value is -2.62. The van der Waals surface area contributed by atoms with E-state index in [1.54, 1.807) is 17.0 Å². The van der Waals surface area contributed by atoms with Gasteiger partial charge in [0, 0.05) is 38.1 Å². The number of benzene rings is 1. The van der Waals surface area contributed by atoms with E-state index in [-0.39, 0.29) is 36.7 Å². The molecule has 0 radical (unpaired) electrons. The number of methoxy groups -OCH3 is 1. The molecular formula is C32H49NO12. The number of amides is 1. The van der Waals surface area contributed by atoms with E-state index in [4.69, 9.17) is 47.7 Å². The highest BCUT2D eigenvalue weighted by Gasteiger charge is 2.39. The van der Waals surface area contributed by atoms with Gasteiger partial charge in [-0.25, -0.2) is 4.79 Å². The number of hydrogen-bond acceptors (Lipinski definition) is 12. The van der Waals surface area contributed by atoms with Crippen molar-refractivity contribution in [3.8, 4) is 0 Å². The molecule has 13 heteroatoms. The Morgan fingerprint density at radius 2 is 1.42 bits per heavy atom. The van der Waals surface area contributed by atoms with Gasteiger partial charge in [0.2, 0.25) is 6.29 Å². The topological polar surface area (TPSA) is 141 Å². The van der Waals surface area contributed by atoms with Gasteiger partial charge < -0.3 is 52.6 Å². The third-order valence-electron chi connectivity index (χ3n) is 7.26. The zero-order chi connectivity index (χ0) is 32.1. The van der Waals surface area contributed by atoms with Gasteiger partial charge in [0.1, 0.15) is 0 Å². The van der Waals surface area contributed by atoms with Gasteiger partial charge in [-0.05, 0) is 37.1 Å². The van der Waals surface area contributed by atoms with E-state index in [9.17, 15) is 9.59 Å². The highest BCUT2D eigenvalue weighted by molar-refractivity contribution is 5.92. The fourth-order valence-corrected chi connectivity index (χ4v) is 4.96. The van der Waals surface area contributed by atoms with Crippen molar-refractivity contribution in [2.24, 2.45) is 5.92 Å². The summed E-state index contributed by atoms with van der Waals surface area (Å²) in [7, 11) is 1.34. The Labute approximate surface area is 265 Å². The van der Waals surface area contributed by atoms with Crippen LogP contribution in [0.15, 0.2) is 36.1 Å². The monoisotopic (exact) mass is 639 g/mol. The van der Waals surface area contributed by atoms with Crippen molar-refractivity contribution in [1.82, 2.24) is 4.90 Å². The Morgan fingerprint density at radius 1 is 0.844 bits per heavy atom. The van der Waals surface area contributed by atoms with Gasteiger partial charge in [-0.1, -0.05) is 12.1 Å². The second-order valence-corrected chi connectivity index (χ2v) is 10.3. The Kier molecular flexibility index (Phi) is 18.0. The van der Waals surface area contributed by atoms with Crippen LogP contribution in [0.4, 0.5) is 0 Å². The van der Waals surface area contributed by atoms with Crippen molar-refractivity contribution in [3.63, 3.8) is 0 Å². The van der Waals surface area contributed by atoms with E-state index in [1.807, 2.05) is 25.1 Å². The molecule has 0 unspecified atom stereocenters. The van der Waals surface area contributed by atoms with Crippen molar-refractivity contribution in [2.75, 3.05) is 113 Å². The summed E-state index contributed by atoms with van der Waals surface area (Å²) in [6.45, 7) is 7.63. The molecule has 0 aliphatic carbocycles.